The van der Waals surface area contributed by atoms with Gasteiger partial charge in [0.1, 0.15) is 0 Å². The summed E-state index contributed by atoms with van der Waals surface area (Å²) < 4.78 is 2.89. The minimum absolute atomic E-state index is 0.109. The monoisotopic (exact) mass is 457 g/mol. The summed E-state index contributed by atoms with van der Waals surface area (Å²) in [6.45, 7) is 1.24. The number of nitrogen functional groups attached to an aromatic ring is 1. The van der Waals surface area contributed by atoms with Crippen molar-refractivity contribution in [1.82, 2.24) is 14.0 Å². The third kappa shape index (κ3) is 4.77. The molecule has 0 saturated carbocycles. The number of nitrogens with two attached hydrogens (primary N) is 1. The summed E-state index contributed by atoms with van der Waals surface area (Å²) in [5.74, 6) is -0.293. The van der Waals surface area contributed by atoms with Crippen molar-refractivity contribution in [2.45, 2.75) is 13.1 Å². The van der Waals surface area contributed by atoms with Crippen molar-refractivity contribution in [3.05, 3.63) is 105 Å². The number of nitrogens with zero attached hydrogens (tertiary/aromatic N) is 3. The summed E-state index contributed by atoms with van der Waals surface area (Å²) in [6.07, 6.45) is 0. The Morgan fingerprint density at radius 1 is 0.912 bits per heavy atom. The minimum Gasteiger partial charge on any atom is -0.397 e. The van der Waals surface area contributed by atoms with E-state index >= 15 is 0 Å². The Hall–Kier alpha value is -4.17. The van der Waals surface area contributed by atoms with Crippen molar-refractivity contribution in [1.29, 1.82) is 0 Å². The Morgan fingerprint density at radius 2 is 1.59 bits per heavy atom. The molecule has 0 aliphatic carbocycles. The highest BCUT2D eigenvalue weighted by Gasteiger charge is 2.14. The number of para-hydroxylation sites is 3. The van der Waals surface area contributed by atoms with Crippen LogP contribution in [-0.4, -0.2) is 40.6 Å². The summed E-state index contributed by atoms with van der Waals surface area (Å²) in [6, 6.07) is 21.0. The molecule has 1 heterocycles. The summed E-state index contributed by atoms with van der Waals surface area (Å²) in [7, 11) is 3.88. The zero-order valence-electron chi connectivity index (χ0n) is 19.2. The lowest BCUT2D eigenvalue weighted by Crippen LogP contribution is -2.41. The van der Waals surface area contributed by atoms with Gasteiger partial charge in [-0.1, -0.05) is 36.4 Å². The number of hydrogen-bond acceptors (Lipinski definition) is 5. The van der Waals surface area contributed by atoms with Gasteiger partial charge in [-0.25, -0.2) is 4.79 Å². The Balaban J connectivity index is 1.62. The first-order valence-corrected chi connectivity index (χ1v) is 11.0. The lowest BCUT2D eigenvalue weighted by Gasteiger charge is -2.16. The van der Waals surface area contributed by atoms with E-state index in [1.807, 2.05) is 25.1 Å². The SMILES string of the molecule is CN(C)CCn1c(=O)n(Cc2ccc(C(=O)Nc3ccccc3N)cc2)c(=O)c2ccccc21. The van der Waals surface area contributed by atoms with Gasteiger partial charge in [-0.3, -0.25) is 18.7 Å². The molecule has 174 valence electrons. The molecule has 3 N–H and O–H groups in total. The molecular formula is C26H27N5O3. The normalized spacial score (nSPS) is 11.1. The molecule has 0 atom stereocenters. The number of amides is 1. The average molecular weight is 458 g/mol. The Bertz CT molecular complexity index is 1450. The van der Waals surface area contributed by atoms with Crippen molar-refractivity contribution in [2.75, 3.05) is 31.7 Å². The van der Waals surface area contributed by atoms with Gasteiger partial charge in [-0.2, -0.15) is 0 Å². The van der Waals surface area contributed by atoms with E-state index in [0.29, 0.717) is 40.9 Å². The maximum absolute atomic E-state index is 13.3. The molecule has 4 aromatic rings. The van der Waals surface area contributed by atoms with Gasteiger partial charge in [0.05, 0.1) is 28.8 Å². The van der Waals surface area contributed by atoms with Gasteiger partial charge in [-0.15, -0.1) is 0 Å². The van der Waals surface area contributed by atoms with E-state index in [4.69, 9.17) is 5.73 Å². The van der Waals surface area contributed by atoms with E-state index in [2.05, 4.69) is 5.32 Å². The van der Waals surface area contributed by atoms with Gasteiger partial charge in [0.15, 0.2) is 0 Å². The zero-order chi connectivity index (χ0) is 24.2. The maximum atomic E-state index is 13.3. The molecule has 0 saturated heterocycles. The first kappa shape index (κ1) is 23.0. The fourth-order valence-electron chi connectivity index (χ4n) is 3.78. The predicted molar refractivity (Wildman–Crippen MR) is 135 cm³/mol. The molecule has 3 aromatic carbocycles. The van der Waals surface area contributed by atoms with Crippen molar-refractivity contribution in [3.8, 4) is 0 Å². The molecule has 0 unspecified atom stereocenters. The quantitative estimate of drug-likeness (QED) is 0.416. The van der Waals surface area contributed by atoms with Gasteiger partial charge >= 0.3 is 5.69 Å². The number of fused-ring (bicyclic) bond motifs is 1. The van der Waals surface area contributed by atoms with Crippen LogP contribution < -0.4 is 22.3 Å². The number of likely N-dealkylation sites (N-methyl/N-ethyl adjacent to an activating group) is 1. The second-order valence-corrected chi connectivity index (χ2v) is 8.38. The van der Waals surface area contributed by atoms with Crippen LogP contribution >= 0.6 is 0 Å². The van der Waals surface area contributed by atoms with Crippen LogP contribution in [0.1, 0.15) is 15.9 Å². The molecule has 34 heavy (non-hydrogen) atoms. The van der Waals surface area contributed by atoms with E-state index in [0.717, 1.165) is 5.56 Å². The molecule has 0 bridgehead atoms. The van der Waals surface area contributed by atoms with Crippen LogP contribution in [0.4, 0.5) is 11.4 Å². The maximum Gasteiger partial charge on any atom is 0.331 e. The van der Waals surface area contributed by atoms with Crippen molar-refractivity contribution < 1.29 is 4.79 Å². The largest absolute Gasteiger partial charge is 0.397 e. The summed E-state index contributed by atoms with van der Waals surface area (Å²) in [5.41, 5.74) is 8.04. The molecular weight excluding hydrogens is 430 g/mol. The highest BCUT2D eigenvalue weighted by Crippen LogP contribution is 2.18. The van der Waals surface area contributed by atoms with E-state index in [1.165, 1.54) is 4.57 Å². The number of aromatic nitrogens is 2. The molecule has 0 aliphatic heterocycles. The van der Waals surface area contributed by atoms with Crippen LogP contribution in [0.25, 0.3) is 10.9 Å². The fraction of sp³-hybridized carbons (Fsp3) is 0.192. The van der Waals surface area contributed by atoms with Crippen molar-refractivity contribution >= 4 is 28.2 Å². The Kier molecular flexibility index (Phi) is 6.60. The first-order valence-electron chi connectivity index (χ1n) is 11.0. The van der Waals surface area contributed by atoms with Gasteiger partial charge in [-0.05, 0) is 56.1 Å². The second-order valence-electron chi connectivity index (χ2n) is 8.38. The molecule has 4 rings (SSSR count). The standard InChI is InChI=1S/C26H27N5O3/c1-29(2)15-16-30-23-10-6-3-7-20(23)25(33)31(26(30)34)17-18-11-13-19(14-12-18)24(32)28-22-9-5-4-8-21(22)27/h3-14H,15-17,27H2,1-2H3,(H,28,32). The van der Waals surface area contributed by atoms with Gasteiger partial charge < -0.3 is 16.0 Å². The van der Waals surface area contributed by atoms with E-state index in [1.54, 1.807) is 71.3 Å². The lowest BCUT2D eigenvalue weighted by molar-refractivity contribution is 0.102. The number of carbonyl (C=O) groups excluding carboxylic acids is 1. The lowest BCUT2D eigenvalue weighted by atomic mass is 10.1. The average Bonchev–Trinajstić information content (AvgIpc) is 2.83. The fourth-order valence-corrected chi connectivity index (χ4v) is 3.78. The number of hydrogen-bond donors (Lipinski definition) is 2. The van der Waals surface area contributed by atoms with Crippen molar-refractivity contribution in [3.63, 3.8) is 0 Å². The molecule has 1 aromatic heterocycles. The van der Waals surface area contributed by atoms with Crippen LogP contribution in [0.15, 0.2) is 82.4 Å². The number of benzene rings is 3. The Labute approximate surface area is 196 Å². The van der Waals surface area contributed by atoms with Gasteiger partial charge in [0.25, 0.3) is 11.5 Å². The molecule has 8 nitrogen and oxygen atoms in total. The number of nitrogens with one attached hydrogen (secondary N) is 1. The molecule has 0 aliphatic rings. The molecule has 0 radical (unpaired) electrons. The van der Waals surface area contributed by atoms with Crippen LogP contribution in [0, 0.1) is 0 Å². The predicted octanol–water partition coefficient (Wildman–Crippen LogP) is 2.61. The Morgan fingerprint density at radius 3 is 2.29 bits per heavy atom. The first-order chi connectivity index (χ1) is 16.3. The minimum atomic E-state index is -0.355. The molecule has 0 fully saturated rings. The van der Waals surface area contributed by atoms with Crippen LogP contribution in [-0.2, 0) is 13.1 Å². The highest BCUT2D eigenvalue weighted by molar-refractivity contribution is 6.05. The van der Waals surface area contributed by atoms with Gasteiger partial charge in [0, 0.05) is 18.7 Å². The van der Waals surface area contributed by atoms with Crippen LogP contribution in [0.5, 0.6) is 0 Å². The topological polar surface area (TPSA) is 102 Å². The third-order valence-electron chi connectivity index (χ3n) is 5.67. The van der Waals surface area contributed by atoms with Crippen LogP contribution in [0.2, 0.25) is 0 Å². The van der Waals surface area contributed by atoms with E-state index in [-0.39, 0.29) is 23.7 Å². The molecule has 0 spiro atoms. The van der Waals surface area contributed by atoms with Crippen molar-refractivity contribution in [2.24, 2.45) is 0 Å². The smallest absolute Gasteiger partial charge is 0.331 e. The van der Waals surface area contributed by atoms with Crippen LogP contribution in [0.3, 0.4) is 0 Å². The number of carbonyl (C=O) groups is 1. The summed E-state index contributed by atoms with van der Waals surface area (Å²) in [4.78, 5) is 41.0. The zero-order valence-corrected chi connectivity index (χ0v) is 19.2. The van der Waals surface area contributed by atoms with E-state index < -0.39 is 0 Å². The summed E-state index contributed by atoms with van der Waals surface area (Å²) >= 11 is 0. The van der Waals surface area contributed by atoms with Gasteiger partial charge in [0.2, 0.25) is 0 Å². The molecule has 1 amide bonds. The van der Waals surface area contributed by atoms with E-state index in [9.17, 15) is 14.4 Å². The highest BCUT2D eigenvalue weighted by atomic mass is 16.2. The molecule has 8 heteroatoms. The number of anilines is 2. The summed E-state index contributed by atoms with van der Waals surface area (Å²) in [5, 5.41) is 3.29. The second kappa shape index (κ2) is 9.76. The number of rotatable bonds is 7. The third-order valence-corrected chi connectivity index (χ3v) is 5.67.